The first kappa shape index (κ1) is 5.18. The molecule has 1 aliphatic heterocycles. The van der Waals surface area contributed by atoms with E-state index in [9.17, 15) is 0 Å². The Hall–Kier alpha value is -1.51. The molecule has 0 spiro atoms. The highest BCUT2D eigenvalue weighted by Gasteiger charge is 1.70. The zero-order valence-electron chi connectivity index (χ0n) is 7.88. The minimum atomic E-state index is -1.49. The van der Waals surface area contributed by atoms with Gasteiger partial charge in [-0.15, -0.1) is 0 Å². The predicted octanol–water partition coefficient (Wildman–Crippen LogP) is 1.59. The maximum atomic E-state index is 7.42. The Morgan fingerprint density at radius 1 is 1.09 bits per heavy atom. The van der Waals surface area contributed by atoms with Crippen LogP contribution >= 0.6 is 0 Å². The highest BCUT2D eigenvalue weighted by Crippen LogP contribution is 1.85. The molecular formula is C8H9N3. The van der Waals surface area contributed by atoms with E-state index in [0.29, 0.717) is 0 Å². The topological polar surface area (TPSA) is 37.1 Å². The number of hydrogen-bond donors (Lipinski definition) is 0. The molecular weight excluding hydrogens is 138 g/mol. The van der Waals surface area contributed by atoms with Crippen molar-refractivity contribution in [3.63, 3.8) is 0 Å². The summed E-state index contributed by atoms with van der Waals surface area (Å²) < 4.78 is 14.8. The Bertz CT molecular complexity index is 273. The van der Waals surface area contributed by atoms with Crippen LogP contribution in [0.5, 0.6) is 0 Å². The lowest BCUT2D eigenvalue weighted by Gasteiger charge is -1.75. The molecule has 56 valence electrons. The molecule has 0 saturated carbocycles. The summed E-state index contributed by atoms with van der Waals surface area (Å²) >= 11 is 0. The largest absolute Gasteiger partial charge is 0.245 e. The van der Waals surface area contributed by atoms with E-state index in [1.54, 1.807) is 0 Å². The molecule has 0 aromatic rings. The second-order valence-corrected chi connectivity index (χ2v) is 1.67. The van der Waals surface area contributed by atoms with Crippen LogP contribution in [0.1, 0.15) is 9.11 Å². The van der Waals surface area contributed by atoms with Crippen LogP contribution in [0, 0.1) is 0 Å². The normalized spacial score (nSPS) is 24.0. The van der Waals surface area contributed by atoms with Crippen LogP contribution in [-0.2, 0) is 0 Å². The molecule has 0 unspecified atom stereocenters. The van der Waals surface area contributed by atoms with E-state index >= 15 is 0 Å². The molecule has 0 radical (unpaired) electrons. The standard InChI is InChI=1S/C8H9N3/c1-2-4-6-10-8-11-7-9-5-3-1/h1,3-8H,2H2/i2D2. The molecule has 0 aromatic carbocycles. The third-order valence-electron chi connectivity index (χ3n) is 0.888. The molecule has 1 heterocycles. The van der Waals surface area contributed by atoms with Crippen molar-refractivity contribution in [2.24, 2.45) is 15.0 Å². The second-order valence-electron chi connectivity index (χ2n) is 1.67. The first-order chi connectivity index (χ1) is 6.21. The zero-order chi connectivity index (χ0) is 9.57. The van der Waals surface area contributed by atoms with Crippen LogP contribution in [0.25, 0.3) is 0 Å². The molecule has 0 N–H and O–H groups in total. The van der Waals surface area contributed by atoms with Gasteiger partial charge in [-0.1, -0.05) is 12.2 Å². The van der Waals surface area contributed by atoms with E-state index in [0.717, 1.165) is 0 Å². The predicted molar refractivity (Wildman–Crippen MR) is 48.4 cm³/mol. The molecule has 3 nitrogen and oxygen atoms in total. The average molecular weight is 149 g/mol. The fourth-order valence-electron chi connectivity index (χ4n) is 0.474. The minimum Gasteiger partial charge on any atom is -0.245 e. The lowest BCUT2D eigenvalue weighted by molar-refractivity contribution is 1.37. The number of hydrogen-bond acceptors (Lipinski definition) is 3. The third-order valence-corrected chi connectivity index (χ3v) is 0.888. The summed E-state index contributed by atoms with van der Waals surface area (Å²) in [4.78, 5) is 11.2. The Morgan fingerprint density at radius 2 is 2.00 bits per heavy atom. The fourth-order valence-corrected chi connectivity index (χ4v) is 0.474. The molecule has 0 amide bonds. The van der Waals surface area contributed by atoms with Crippen LogP contribution in [0.2, 0.25) is 0 Å². The summed E-state index contributed by atoms with van der Waals surface area (Å²) in [6.07, 6.45) is 8.24. The van der Waals surface area contributed by atoms with E-state index in [1.807, 2.05) is 0 Å². The Balaban J connectivity index is 2.85. The van der Waals surface area contributed by atoms with Crippen LogP contribution in [0.3, 0.4) is 0 Å². The molecule has 0 atom stereocenters. The zero-order valence-corrected chi connectivity index (χ0v) is 5.88. The van der Waals surface area contributed by atoms with Gasteiger partial charge in [0, 0.05) is 15.2 Å². The number of nitrogens with zero attached hydrogens (tertiary/aromatic N) is 3. The summed E-state index contributed by atoms with van der Waals surface area (Å²) in [5.41, 5.74) is 0. The lowest BCUT2D eigenvalue weighted by Crippen LogP contribution is -1.68. The molecule has 0 fully saturated rings. The summed E-state index contributed by atoms with van der Waals surface area (Å²) in [5.74, 6) is 0. The molecule has 0 aromatic heterocycles. The third kappa shape index (κ3) is 3.97. The second kappa shape index (κ2) is 5.29. The molecule has 3 heteroatoms. The maximum Gasteiger partial charge on any atom is 0.117 e. The summed E-state index contributed by atoms with van der Waals surface area (Å²) in [6.45, 7) is 0. The molecule has 0 bridgehead atoms. The smallest absolute Gasteiger partial charge is 0.117 e. The van der Waals surface area contributed by atoms with Crippen molar-refractivity contribution >= 4 is 18.9 Å². The van der Waals surface area contributed by atoms with Gasteiger partial charge in [0.05, 0.1) is 0 Å². The van der Waals surface area contributed by atoms with Crippen LogP contribution < -0.4 is 0 Å². The van der Waals surface area contributed by atoms with E-state index in [4.69, 9.17) is 2.74 Å². The van der Waals surface area contributed by atoms with E-state index < -0.39 is 6.37 Å². The van der Waals surface area contributed by atoms with Gasteiger partial charge in [0.2, 0.25) is 0 Å². The van der Waals surface area contributed by atoms with Gasteiger partial charge in [-0.05, 0) is 12.4 Å². The van der Waals surface area contributed by atoms with Gasteiger partial charge in [-0.25, -0.2) is 15.0 Å². The highest BCUT2D eigenvalue weighted by molar-refractivity contribution is 5.82. The molecule has 1 rings (SSSR count). The summed E-state index contributed by atoms with van der Waals surface area (Å²) in [7, 11) is 0. The van der Waals surface area contributed by atoms with Gasteiger partial charge >= 0.3 is 0 Å². The molecule has 1 aliphatic rings. The quantitative estimate of drug-likeness (QED) is 0.501. The number of aliphatic imine (C=N–C) groups is 3. The van der Waals surface area contributed by atoms with E-state index in [2.05, 4.69) is 15.0 Å². The van der Waals surface area contributed by atoms with Crippen molar-refractivity contribution in [2.75, 3.05) is 0 Å². The van der Waals surface area contributed by atoms with Gasteiger partial charge in [0.15, 0.2) is 0 Å². The van der Waals surface area contributed by atoms with Gasteiger partial charge in [0.25, 0.3) is 0 Å². The Morgan fingerprint density at radius 3 is 3.00 bits per heavy atom. The summed E-state index contributed by atoms with van der Waals surface area (Å²) in [5, 5.41) is 0. The van der Waals surface area contributed by atoms with Crippen molar-refractivity contribution < 1.29 is 2.74 Å². The van der Waals surface area contributed by atoms with Crippen LogP contribution in [0.4, 0.5) is 0 Å². The first-order valence-corrected chi connectivity index (χ1v) is 3.13. The van der Waals surface area contributed by atoms with Crippen molar-refractivity contribution in [3.05, 3.63) is 24.4 Å². The number of rotatable bonds is 0. The average Bonchev–Trinajstić information content (AvgIpc) is 2.10. The Kier molecular flexibility index (Phi) is 2.49. The fraction of sp³-hybridized carbons (Fsp3) is 0.125. The van der Waals surface area contributed by atoms with Gasteiger partial charge in [-0.2, -0.15) is 0 Å². The van der Waals surface area contributed by atoms with Crippen LogP contribution in [0.15, 0.2) is 39.4 Å². The number of allylic oxidation sites excluding steroid dienone is 3. The lowest BCUT2D eigenvalue weighted by atomic mass is 10.4. The molecule has 0 aliphatic carbocycles. The summed E-state index contributed by atoms with van der Waals surface area (Å²) in [6, 6.07) is 0. The Labute approximate surface area is 68.4 Å². The maximum absolute atomic E-state index is 7.42. The van der Waals surface area contributed by atoms with Crippen LogP contribution in [-0.4, -0.2) is 18.9 Å². The SMILES string of the molecule is [2H]C1([2H])C=CC=NC=NC=NC=C1. The molecule has 11 heavy (non-hydrogen) atoms. The first-order valence-electron chi connectivity index (χ1n) is 4.13. The van der Waals surface area contributed by atoms with Gasteiger partial charge < -0.3 is 0 Å². The van der Waals surface area contributed by atoms with Gasteiger partial charge in [0.1, 0.15) is 12.7 Å². The highest BCUT2D eigenvalue weighted by atomic mass is 14.9. The van der Waals surface area contributed by atoms with E-state index in [1.165, 1.54) is 43.3 Å². The van der Waals surface area contributed by atoms with Crippen molar-refractivity contribution in [2.45, 2.75) is 6.37 Å². The van der Waals surface area contributed by atoms with Gasteiger partial charge in [-0.3, -0.25) is 0 Å². The van der Waals surface area contributed by atoms with E-state index in [-0.39, 0.29) is 0 Å². The molecule has 0 saturated heterocycles. The minimum absolute atomic E-state index is 1.30. The monoisotopic (exact) mass is 149 g/mol. The van der Waals surface area contributed by atoms with Crippen molar-refractivity contribution in [3.8, 4) is 0 Å². The van der Waals surface area contributed by atoms with Crippen molar-refractivity contribution in [1.29, 1.82) is 0 Å². The van der Waals surface area contributed by atoms with Crippen molar-refractivity contribution in [1.82, 2.24) is 0 Å².